The molecule has 21 heavy (non-hydrogen) atoms. The minimum absolute atomic E-state index is 0.0123. The van der Waals surface area contributed by atoms with Gasteiger partial charge in [0.25, 0.3) is 5.69 Å². The van der Waals surface area contributed by atoms with Gasteiger partial charge in [-0.15, -0.1) is 0 Å². The predicted octanol–water partition coefficient (Wildman–Crippen LogP) is 2.54. The fourth-order valence-electron chi connectivity index (χ4n) is 2.05. The van der Waals surface area contributed by atoms with Crippen molar-refractivity contribution in [2.24, 2.45) is 5.73 Å². The second-order valence-electron chi connectivity index (χ2n) is 4.70. The first-order chi connectivity index (χ1) is 10.1. The van der Waals surface area contributed by atoms with Gasteiger partial charge in [-0.05, 0) is 6.42 Å². The average Bonchev–Trinajstić information content (AvgIpc) is 2.50. The molecule has 0 spiro atoms. The molecule has 0 bridgehead atoms. The minimum Gasteiger partial charge on any atom is -0.493 e. The number of methoxy groups -OCH3 is 2. The van der Waals surface area contributed by atoms with Crippen molar-refractivity contribution in [1.29, 1.82) is 0 Å². The number of hydrogen-bond donors (Lipinski definition) is 2. The molecule has 118 valence electrons. The van der Waals surface area contributed by atoms with E-state index in [4.69, 9.17) is 15.2 Å². The molecule has 1 aromatic carbocycles. The summed E-state index contributed by atoms with van der Waals surface area (Å²) in [7, 11) is 2.93. The molecule has 0 saturated heterocycles. The van der Waals surface area contributed by atoms with Crippen LogP contribution in [0.15, 0.2) is 12.1 Å². The van der Waals surface area contributed by atoms with Crippen LogP contribution in [0.5, 0.6) is 11.5 Å². The van der Waals surface area contributed by atoms with Gasteiger partial charge in [-0.3, -0.25) is 10.1 Å². The maximum absolute atomic E-state index is 11.2. The Morgan fingerprint density at radius 1 is 1.33 bits per heavy atom. The van der Waals surface area contributed by atoms with Crippen molar-refractivity contribution in [2.45, 2.75) is 32.2 Å². The van der Waals surface area contributed by atoms with Crippen LogP contribution in [-0.2, 0) is 0 Å². The number of unbranched alkanes of at least 4 members (excludes halogenated alkanes) is 1. The lowest BCUT2D eigenvalue weighted by molar-refractivity contribution is -0.384. The summed E-state index contributed by atoms with van der Waals surface area (Å²) in [4.78, 5) is 10.8. The molecular weight excluding hydrogens is 274 g/mol. The van der Waals surface area contributed by atoms with Crippen LogP contribution >= 0.6 is 0 Å². The first-order valence-corrected chi connectivity index (χ1v) is 6.94. The number of nitrogens with zero attached hydrogens (tertiary/aromatic N) is 1. The van der Waals surface area contributed by atoms with Gasteiger partial charge in [0.2, 0.25) is 0 Å². The number of rotatable bonds is 9. The number of ether oxygens (including phenoxy) is 2. The van der Waals surface area contributed by atoms with Gasteiger partial charge in [0.05, 0.1) is 25.2 Å². The number of benzene rings is 1. The molecule has 0 heterocycles. The van der Waals surface area contributed by atoms with E-state index in [-0.39, 0.29) is 11.7 Å². The topological polar surface area (TPSA) is 99.7 Å². The lowest BCUT2D eigenvalue weighted by Gasteiger charge is -2.19. The number of anilines is 1. The van der Waals surface area contributed by atoms with Crippen molar-refractivity contribution >= 4 is 11.4 Å². The molecule has 0 amide bonds. The standard InChI is InChI=1S/C14H23N3O4/c1-4-5-6-10(9-15)16-11-7-13(20-2)14(21-3)8-12(11)17(18)19/h7-8,10,16H,4-6,9,15H2,1-3H3. The molecule has 7 heteroatoms. The highest BCUT2D eigenvalue weighted by atomic mass is 16.6. The molecule has 1 unspecified atom stereocenters. The summed E-state index contributed by atoms with van der Waals surface area (Å²) in [6, 6.07) is 2.92. The molecule has 0 aliphatic carbocycles. The summed E-state index contributed by atoms with van der Waals surface area (Å²) < 4.78 is 10.3. The first kappa shape index (κ1) is 17.0. The average molecular weight is 297 g/mol. The van der Waals surface area contributed by atoms with E-state index >= 15 is 0 Å². The van der Waals surface area contributed by atoms with Gasteiger partial charge in [-0.25, -0.2) is 0 Å². The molecule has 0 saturated carbocycles. The Hall–Kier alpha value is -2.02. The van der Waals surface area contributed by atoms with Crippen molar-refractivity contribution in [3.8, 4) is 11.5 Å². The van der Waals surface area contributed by atoms with E-state index in [0.717, 1.165) is 19.3 Å². The van der Waals surface area contributed by atoms with E-state index in [2.05, 4.69) is 12.2 Å². The van der Waals surface area contributed by atoms with Crippen LogP contribution in [-0.4, -0.2) is 31.7 Å². The number of nitrogens with two attached hydrogens (primary N) is 1. The van der Waals surface area contributed by atoms with Crippen LogP contribution in [0.2, 0.25) is 0 Å². The molecule has 0 aliphatic heterocycles. The van der Waals surface area contributed by atoms with Crippen LogP contribution in [0.1, 0.15) is 26.2 Å². The molecular formula is C14H23N3O4. The predicted molar refractivity (Wildman–Crippen MR) is 82.2 cm³/mol. The smallest absolute Gasteiger partial charge is 0.296 e. The van der Waals surface area contributed by atoms with E-state index in [1.165, 1.54) is 20.3 Å². The van der Waals surface area contributed by atoms with E-state index < -0.39 is 4.92 Å². The van der Waals surface area contributed by atoms with Gasteiger partial charge in [0, 0.05) is 18.7 Å². The molecule has 1 rings (SSSR count). The molecule has 3 N–H and O–H groups in total. The molecule has 0 fully saturated rings. The molecule has 0 aromatic heterocycles. The summed E-state index contributed by atoms with van der Waals surface area (Å²) in [6.45, 7) is 2.50. The lowest BCUT2D eigenvalue weighted by atomic mass is 10.1. The van der Waals surface area contributed by atoms with E-state index in [1.807, 2.05) is 0 Å². The Labute approximate surface area is 124 Å². The number of nitrogens with one attached hydrogen (secondary N) is 1. The van der Waals surface area contributed by atoms with E-state index in [9.17, 15) is 10.1 Å². The first-order valence-electron chi connectivity index (χ1n) is 6.94. The van der Waals surface area contributed by atoms with Crippen LogP contribution in [0.3, 0.4) is 0 Å². The van der Waals surface area contributed by atoms with Gasteiger partial charge in [-0.2, -0.15) is 0 Å². The maximum Gasteiger partial charge on any atom is 0.296 e. The van der Waals surface area contributed by atoms with Gasteiger partial charge >= 0.3 is 0 Å². The van der Waals surface area contributed by atoms with Crippen molar-refractivity contribution in [3.05, 3.63) is 22.2 Å². The summed E-state index contributed by atoms with van der Waals surface area (Å²) in [5, 5.41) is 14.3. The van der Waals surface area contributed by atoms with E-state index in [0.29, 0.717) is 23.7 Å². The number of hydrogen-bond acceptors (Lipinski definition) is 6. The SMILES string of the molecule is CCCCC(CN)Nc1cc(OC)c(OC)cc1[N+](=O)[O-]. The second-order valence-corrected chi connectivity index (χ2v) is 4.70. The zero-order chi connectivity index (χ0) is 15.8. The van der Waals surface area contributed by atoms with Crippen LogP contribution < -0.4 is 20.5 Å². The van der Waals surface area contributed by atoms with Crippen LogP contribution in [0.4, 0.5) is 11.4 Å². The normalized spacial score (nSPS) is 11.8. The zero-order valence-electron chi connectivity index (χ0n) is 12.7. The third-order valence-electron chi connectivity index (χ3n) is 3.25. The van der Waals surface area contributed by atoms with Crippen molar-refractivity contribution in [3.63, 3.8) is 0 Å². The third-order valence-corrected chi connectivity index (χ3v) is 3.25. The Balaban J connectivity index is 3.10. The van der Waals surface area contributed by atoms with Gasteiger partial charge in [0.1, 0.15) is 5.69 Å². The summed E-state index contributed by atoms with van der Waals surface area (Å²) in [5.74, 6) is 0.768. The fourth-order valence-corrected chi connectivity index (χ4v) is 2.05. The Kier molecular flexibility index (Phi) is 6.74. The van der Waals surface area contributed by atoms with Gasteiger partial charge < -0.3 is 20.5 Å². The summed E-state index contributed by atoms with van der Waals surface area (Å²) in [5.41, 5.74) is 6.07. The highest BCUT2D eigenvalue weighted by Crippen LogP contribution is 2.38. The van der Waals surface area contributed by atoms with Crippen molar-refractivity contribution in [1.82, 2.24) is 0 Å². The van der Waals surface area contributed by atoms with Gasteiger partial charge in [0.15, 0.2) is 11.5 Å². The highest BCUT2D eigenvalue weighted by Gasteiger charge is 2.21. The van der Waals surface area contributed by atoms with Crippen molar-refractivity contribution < 1.29 is 14.4 Å². The van der Waals surface area contributed by atoms with E-state index in [1.54, 1.807) is 6.07 Å². The van der Waals surface area contributed by atoms with Crippen LogP contribution in [0.25, 0.3) is 0 Å². The van der Waals surface area contributed by atoms with Gasteiger partial charge in [-0.1, -0.05) is 19.8 Å². The monoisotopic (exact) mass is 297 g/mol. The Morgan fingerprint density at radius 3 is 2.43 bits per heavy atom. The Morgan fingerprint density at radius 2 is 1.95 bits per heavy atom. The summed E-state index contributed by atoms with van der Waals surface area (Å²) in [6.07, 6.45) is 2.92. The van der Waals surface area contributed by atoms with Crippen molar-refractivity contribution in [2.75, 3.05) is 26.1 Å². The highest BCUT2D eigenvalue weighted by molar-refractivity contribution is 5.68. The molecule has 1 aromatic rings. The molecule has 0 aliphatic rings. The quantitative estimate of drug-likeness (QED) is 0.536. The summed E-state index contributed by atoms with van der Waals surface area (Å²) >= 11 is 0. The molecule has 0 radical (unpaired) electrons. The fraction of sp³-hybridized carbons (Fsp3) is 0.571. The third kappa shape index (κ3) is 4.49. The minimum atomic E-state index is -0.447. The Bertz CT molecular complexity index is 480. The molecule has 7 nitrogen and oxygen atoms in total. The van der Waals surface area contributed by atoms with Crippen LogP contribution in [0, 0.1) is 10.1 Å². The number of nitro groups is 1. The maximum atomic E-state index is 11.2. The second kappa shape index (κ2) is 8.31. The molecule has 1 atom stereocenters. The lowest BCUT2D eigenvalue weighted by Crippen LogP contribution is -2.29. The number of nitro benzene ring substituents is 1. The largest absolute Gasteiger partial charge is 0.493 e. The zero-order valence-corrected chi connectivity index (χ0v) is 12.7.